The molecule has 162 valence electrons. The third kappa shape index (κ3) is 5.46. The van der Waals surface area contributed by atoms with E-state index in [1.807, 2.05) is 94.4 Å². The van der Waals surface area contributed by atoms with E-state index in [9.17, 15) is 9.59 Å². The second kappa shape index (κ2) is 9.26. The van der Waals surface area contributed by atoms with Gasteiger partial charge in [0.25, 0.3) is 5.91 Å². The minimum atomic E-state index is -0.882. The summed E-state index contributed by atoms with van der Waals surface area (Å²) in [6.45, 7) is 5.74. The smallest absolute Gasteiger partial charge is 0.280 e. The molecule has 8 heteroatoms. The van der Waals surface area contributed by atoms with Gasteiger partial charge in [-0.3, -0.25) is 14.5 Å². The van der Waals surface area contributed by atoms with Crippen LogP contribution >= 0.6 is 11.5 Å². The number of amides is 2. The van der Waals surface area contributed by atoms with E-state index in [1.54, 1.807) is 5.38 Å². The number of rotatable bonds is 6. The molecule has 2 amide bonds. The van der Waals surface area contributed by atoms with E-state index in [4.69, 9.17) is 0 Å². The van der Waals surface area contributed by atoms with Crippen molar-refractivity contribution in [2.45, 2.75) is 32.4 Å². The number of nitrogens with zero attached hydrogens (tertiary/aromatic N) is 4. The molecular weight excluding hydrogens is 410 g/mol. The molecule has 0 bridgehead atoms. The first-order valence-corrected chi connectivity index (χ1v) is 10.8. The zero-order valence-corrected chi connectivity index (χ0v) is 19.2. The lowest BCUT2D eigenvalue weighted by molar-refractivity contribution is -0.123. The Kier molecular flexibility index (Phi) is 6.70. The molecule has 1 atom stereocenters. The molecule has 3 aromatic rings. The van der Waals surface area contributed by atoms with Crippen molar-refractivity contribution >= 4 is 34.7 Å². The van der Waals surface area contributed by atoms with Gasteiger partial charge in [0.05, 0.1) is 0 Å². The highest BCUT2D eigenvalue weighted by atomic mass is 32.1. The standard InChI is InChI=1S/C23H27N5O2S/c1-23(2,3)24-21(29)20(16-11-13-17(14-12-16)27(4)5)28(18-9-7-6-8-10-18)22(30)19-15-31-26-25-19/h6-15,20H,1-5H3,(H,24,29)/t20-/m0/s1. The van der Waals surface area contributed by atoms with Gasteiger partial charge in [-0.1, -0.05) is 34.8 Å². The highest BCUT2D eigenvalue weighted by Gasteiger charge is 2.35. The van der Waals surface area contributed by atoms with E-state index in [2.05, 4.69) is 14.9 Å². The van der Waals surface area contributed by atoms with Crippen molar-refractivity contribution in [3.8, 4) is 0 Å². The summed E-state index contributed by atoms with van der Waals surface area (Å²) in [7, 11) is 3.90. The van der Waals surface area contributed by atoms with Crippen LogP contribution in [0.4, 0.5) is 11.4 Å². The minimum Gasteiger partial charge on any atom is -0.378 e. The summed E-state index contributed by atoms with van der Waals surface area (Å²) in [6.07, 6.45) is 0. The molecule has 0 radical (unpaired) electrons. The van der Waals surface area contributed by atoms with Crippen molar-refractivity contribution in [1.29, 1.82) is 0 Å². The molecule has 31 heavy (non-hydrogen) atoms. The predicted molar refractivity (Wildman–Crippen MR) is 125 cm³/mol. The summed E-state index contributed by atoms with van der Waals surface area (Å²) in [6, 6.07) is 15.9. The van der Waals surface area contributed by atoms with Crippen LogP contribution in [0.25, 0.3) is 0 Å². The third-order valence-corrected chi connectivity index (χ3v) is 5.07. The second-order valence-corrected chi connectivity index (χ2v) is 9.04. The number of benzene rings is 2. The number of hydrogen-bond acceptors (Lipinski definition) is 6. The Hall–Kier alpha value is -3.26. The van der Waals surface area contributed by atoms with Crippen molar-refractivity contribution in [3.05, 3.63) is 71.2 Å². The molecule has 1 heterocycles. The first kappa shape index (κ1) is 22.4. The normalized spacial score (nSPS) is 12.2. The molecule has 0 aliphatic carbocycles. The van der Waals surface area contributed by atoms with E-state index in [0.717, 1.165) is 17.2 Å². The van der Waals surface area contributed by atoms with Crippen LogP contribution in [0.15, 0.2) is 60.0 Å². The summed E-state index contributed by atoms with van der Waals surface area (Å²) in [5.74, 6) is -0.656. The zero-order chi connectivity index (χ0) is 22.6. The van der Waals surface area contributed by atoms with Crippen molar-refractivity contribution in [2.75, 3.05) is 23.9 Å². The van der Waals surface area contributed by atoms with Crippen LogP contribution in [0.1, 0.15) is 42.9 Å². The molecule has 0 aliphatic heterocycles. The van der Waals surface area contributed by atoms with Gasteiger partial charge in [-0.15, -0.1) is 5.10 Å². The second-order valence-electron chi connectivity index (χ2n) is 8.43. The van der Waals surface area contributed by atoms with E-state index < -0.39 is 11.6 Å². The zero-order valence-electron chi connectivity index (χ0n) is 18.4. The Bertz CT molecular complexity index is 1010. The van der Waals surface area contributed by atoms with Crippen molar-refractivity contribution in [2.24, 2.45) is 0 Å². The van der Waals surface area contributed by atoms with Gasteiger partial charge in [-0.25, -0.2) is 0 Å². The molecule has 0 fully saturated rings. The Morgan fingerprint density at radius 2 is 1.61 bits per heavy atom. The summed E-state index contributed by atoms with van der Waals surface area (Å²) >= 11 is 1.10. The van der Waals surface area contributed by atoms with Crippen LogP contribution in [0.3, 0.4) is 0 Å². The highest BCUT2D eigenvalue weighted by molar-refractivity contribution is 7.03. The molecule has 0 saturated heterocycles. The molecule has 2 aromatic carbocycles. The fraction of sp³-hybridized carbons (Fsp3) is 0.304. The van der Waals surface area contributed by atoms with Gasteiger partial charge in [0.2, 0.25) is 5.91 Å². The molecule has 3 rings (SSSR count). The molecule has 0 aliphatic rings. The number of para-hydroxylation sites is 1. The minimum absolute atomic E-state index is 0.201. The molecule has 0 unspecified atom stereocenters. The maximum Gasteiger partial charge on any atom is 0.280 e. The van der Waals surface area contributed by atoms with Gasteiger partial charge in [-0.05, 0) is 62.1 Å². The van der Waals surface area contributed by atoms with E-state index in [1.165, 1.54) is 4.90 Å². The van der Waals surface area contributed by atoms with Crippen LogP contribution in [0, 0.1) is 0 Å². The Balaban J connectivity index is 2.14. The fourth-order valence-corrected chi connectivity index (χ4v) is 3.59. The van der Waals surface area contributed by atoms with Crippen LogP contribution in [-0.2, 0) is 4.79 Å². The van der Waals surface area contributed by atoms with Crippen LogP contribution in [0.2, 0.25) is 0 Å². The van der Waals surface area contributed by atoms with E-state index >= 15 is 0 Å². The average Bonchev–Trinajstić information content (AvgIpc) is 3.26. The number of anilines is 2. The summed E-state index contributed by atoms with van der Waals surface area (Å²) in [5.41, 5.74) is 2.04. The monoisotopic (exact) mass is 437 g/mol. The topological polar surface area (TPSA) is 78.4 Å². The van der Waals surface area contributed by atoms with Crippen LogP contribution in [0.5, 0.6) is 0 Å². The lowest BCUT2D eigenvalue weighted by Crippen LogP contribution is -2.49. The SMILES string of the molecule is CN(C)c1ccc([C@@H](C(=O)NC(C)(C)C)N(C(=O)c2csnn2)c2ccccc2)cc1. The average molecular weight is 438 g/mol. The number of carbonyl (C=O) groups is 2. The van der Waals surface area contributed by atoms with Gasteiger partial charge >= 0.3 is 0 Å². The Morgan fingerprint density at radius 1 is 0.968 bits per heavy atom. The van der Waals surface area contributed by atoms with Gasteiger partial charge in [0.1, 0.15) is 6.04 Å². The van der Waals surface area contributed by atoms with Crippen molar-refractivity contribution < 1.29 is 9.59 Å². The van der Waals surface area contributed by atoms with Gasteiger partial charge in [0.15, 0.2) is 5.69 Å². The molecule has 1 aromatic heterocycles. The van der Waals surface area contributed by atoms with Crippen LogP contribution in [-0.4, -0.2) is 41.0 Å². The summed E-state index contributed by atoms with van der Waals surface area (Å²) in [4.78, 5) is 30.5. The molecule has 1 N–H and O–H groups in total. The van der Waals surface area contributed by atoms with Gasteiger partial charge in [0, 0.05) is 36.4 Å². The summed E-state index contributed by atoms with van der Waals surface area (Å²) < 4.78 is 3.82. The quantitative estimate of drug-likeness (QED) is 0.633. The number of aromatic nitrogens is 2. The number of carbonyl (C=O) groups excluding carboxylic acids is 2. The van der Waals surface area contributed by atoms with Gasteiger partial charge in [-0.2, -0.15) is 0 Å². The highest BCUT2D eigenvalue weighted by Crippen LogP contribution is 2.31. The van der Waals surface area contributed by atoms with E-state index in [0.29, 0.717) is 11.3 Å². The first-order valence-electron chi connectivity index (χ1n) is 9.92. The number of hydrogen-bond donors (Lipinski definition) is 1. The Labute approximate surface area is 186 Å². The Morgan fingerprint density at radius 3 is 2.13 bits per heavy atom. The van der Waals surface area contributed by atoms with Crippen molar-refractivity contribution in [3.63, 3.8) is 0 Å². The fourth-order valence-electron chi connectivity index (χ4n) is 3.16. The lowest BCUT2D eigenvalue weighted by atomic mass is 10.00. The summed E-state index contributed by atoms with van der Waals surface area (Å²) in [5, 5.41) is 8.57. The first-order chi connectivity index (χ1) is 14.7. The predicted octanol–water partition coefficient (Wildman–Crippen LogP) is 3.91. The third-order valence-electron chi connectivity index (χ3n) is 4.56. The van der Waals surface area contributed by atoms with E-state index in [-0.39, 0.29) is 17.5 Å². The molecular formula is C23H27N5O2S. The molecule has 0 spiro atoms. The molecule has 7 nitrogen and oxygen atoms in total. The largest absolute Gasteiger partial charge is 0.378 e. The number of nitrogens with one attached hydrogen (secondary N) is 1. The van der Waals surface area contributed by atoms with Crippen LogP contribution < -0.4 is 15.1 Å². The van der Waals surface area contributed by atoms with Gasteiger partial charge < -0.3 is 10.2 Å². The maximum absolute atomic E-state index is 13.5. The van der Waals surface area contributed by atoms with Crippen molar-refractivity contribution in [1.82, 2.24) is 14.9 Å². The maximum atomic E-state index is 13.5. The molecule has 0 saturated carbocycles. The lowest BCUT2D eigenvalue weighted by Gasteiger charge is -2.33.